The fourth-order valence-electron chi connectivity index (χ4n) is 19.3. The molecule has 0 N–H and O–H groups in total. The summed E-state index contributed by atoms with van der Waals surface area (Å²) in [5.74, 6) is 8.81. The Hall–Kier alpha value is -16.5. The average Bonchev–Trinajstić information content (AvgIpc) is 1.47. The Labute approximate surface area is 780 Å². The zero-order valence-corrected chi connectivity index (χ0v) is 74.1. The number of aromatic nitrogens is 11. The summed E-state index contributed by atoms with van der Waals surface area (Å²) >= 11 is 5.99. The molecular formula is C117H81BClN11O4. The van der Waals surface area contributed by atoms with Gasteiger partial charge in [0.1, 0.15) is 23.0 Å². The van der Waals surface area contributed by atoms with E-state index < -0.39 is 29.2 Å². The summed E-state index contributed by atoms with van der Waals surface area (Å²) in [6.07, 6.45) is 0. The van der Waals surface area contributed by atoms with Gasteiger partial charge < -0.3 is 18.8 Å². The minimum Gasteiger partial charge on any atom is -0.457 e. The van der Waals surface area contributed by atoms with Crippen molar-refractivity contribution in [3.8, 4) is 170 Å². The summed E-state index contributed by atoms with van der Waals surface area (Å²) in [7, 11) is -0.529. The van der Waals surface area contributed by atoms with Crippen LogP contribution >= 0.6 is 11.6 Å². The fourth-order valence-corrected chi connectivity index (χ4v) is 19.5. The monoisotopic (exact) mass is 1750 g/mol. The maximum absolute atomic E-state index is 6.69. The SMILES string of the molecule is CC1(C)OB(c2ccc3c(c2)-c2c(-c4nc(-c5ccccc5)nc(-c5ccccc5)n4)cccc2C32c3ccccc3Oc3ccccc32)OC1(C)C.Clc1nc(-c2ccccc2)nc(-c2ccccc2)n1.c1ccc(-c2cc(-c3ccc4c(c3)-c3c(-c5nc(-c6ccccc6)nc(-c6ccccc6)n5)cccc3C43c4ccccc4Oc4ccccc43)nc(-c3ccccc3)n2)cc1. The molecule has 0 bridgehead atoms. The molecule has 3 aliphatic heterocycles. The molecule has 15 nitrogen and oxygen atoms in total. The second-order valence-corrected chi connectivity index (χ2v) is 34.9. The Morgan fingerprint density at radius 1 is 0.209 bits per heavy atom. The van der Waals surface area contributed by atoms with Crippen molar-refractivity contribution in [2.24, 2.45) is 0 Å². The smallest absolute Gasteiger partial charge is 0.457 e. The third-order valence-electron chi connectivity index (χ3n) is 26.2. The van der Waals surface area contributed by atoms with Gasteiger partial charge in [0.2, 0.25) is 5.28 Å². The van der Waals surface area contributed by atoms with Crippen LogP contribution in [0.4, 0.5) is 0 Å². The van der Waals surface area contributed by atoms with E-state index in [9.17, 15) is 0 Å². The Morgan fingerprint density at radius 2 is 0.478 bits per heavy atom. The first-order valence-corrected chi connectivity index (χ1v) is 45.1. The van der Waals surface area contributed by atoms with Gasteiger partial charge in [-0.1, -0.05) is 382 Å². The lowest BCUT2D eigenvalue weighted by atomic mass is 9.65. The third-order valence-corrected chi connectivity index (χ3v) is 26.3. The summed E-state index contributed by atoms with van der Waals surface area (Å²) in [4.78, 5) is 54.2. The van der Waals surface area contributed by atoms with Crippen LogP contribution in [0.25, 0.3) is 147 Å². The van der Waals surface area contributed by atoms with Crippen molar-refractivity contribution < 1.29 is 18.8 Å². The van der Waals surface area contributed by atoms with Crippen LogP contribution in [0.5, 0.6) is 23.0 Å². The van der Waals surface area contributed by atoms with Crippen LogP contribution in [-0.4, -0.2) is 73.1 Å². The van der Waals surface area contributed by atoms with Gasteiger partial charge in [-0.2, -0.15) is 9.97 Å². The number of halogens is 1. The highest BCUT2D eigenvalue weighted by Crippen LogP contribution is 2.66. The molecule has 134 heavy (non-hydrogen) atoms. The zero-order valence-electron chi connectivity index (χ0n) is 73.3. The predicted octanol–water partition coefficient (Wildman–Crippen LogP) is 26.6. The van der Waals surface area contributed by atoms with E-state index in [-0.39, 0.29) is 5.28 Å². The molecule has 0 amide bonds. The molecule has 1 fully saturated rings. The van der Waals surface area contributed by atoms with Crippen LogP contribution in [-0.2, 0) is 20.1 Å². The zero-order chi connectivity index (χ0) is 90.1. The first-order chi connectivity index (χ1) is 65.8. The van der Waals surface area contributed by atoms with Crippen LogP contribution in [0.3, 0.4) is 0 Å². The van der Waals surface area contributed by atoms with Crippen LogP contribution in [0, 0.1) is 0 Å². The highest BCUT2D eigenvalue weighted by Gasteiger charge is 2.56. The molecule has 25 rings (SSSR count). The van der Waals surface area contributed by atoms with E-state index in [1.165, 1.54) is 0 Å². The number of fused-ring (bicyclic) bond motifs is 18. The summed E-state index contributed by atoms with van der Waals surface area (Å²) in [5.41, 5.74) is 23.8. The Morgan fingerprint density at radius 3 is 0.821 bits per heavy atom. The summed E-state index contributed by atoms with van der Waals surface area (Å²) in [6.45, 7) is 8.37. The van der Waals surface area contributed by atoms with Crippen molar-refractivity contribution in [3.63, 3.8) is 0 Å². The lowest BCUT2D eigenvalue weighted by molar-refractivity contribution is 0.00578. The number of para-hydroxylation sites is 4. The maximum Gasteiger partial charge on any atom is 0.494 e. The molecule has 16 aromatic carbocycles. The topological polar surface area (TPSA) is 179 Å². The number of hydrogen-bond donors (Lipinski definition) is 0. The summed E-state index contributed by atoms with van der Waals surface area (Å²) in [6, 6.07) is 143. The molecule has 4 aromatic heterocycles. The molecule has 2 spiro atoms. The van der Waals surface area contributed by atoms with Crippen molar-refractivity contribution in [2.45, 2.75) is 49.7 Å². The van der Waals surface area contributed by atoms with Crippen molar-refractivity contribution in [3.05, 3.63) is 468 Å². The predicted molar refractivity (Wildman–Crippen MR) is 530 cm³/mol. The van der Waals surface area contributed by atoms with Gasteiger partial charge in [0.25, 0.3) is 0 Å². The Kier molecular flexibility index (Phi) is 20.7. The highest BCUT2D eigenvalue weighted by molar-refractivity contribution is 6.62. The third kappa shape index (κ3) is 14.4. The molecule has 0 atom stereocenters. The molecule has 5 aliphatic rings. The number of ether oxygens (including phenoxy) is 2. The lowest BCUT2D eigenvalue weighted by Crippen LogP contribution is -2.41. The second-order valence-electron chi connectivity index (χ2n) is 34.6. The first kappa shape index (κ1) is 82.0. The molecule has 0 unspecified atom stereocenters. The van der Waals surface area contributed by atoms with Gasteiger partial charge in [0.15, 0.2) is 52.4 Å². The quantitative estimate of drug-likeness (QED) is 0.105. The van der Waals surface area contributed by atoms with Gasteiger partial charge in [-0.15, -0.1) is 0 Å². The van der Waals surface area contributed by atoms with Crippen LogP contribution < -0.4 is 14.9 Å². The average molecular weight is 1750 g/mol. The van der Waals surface area contributed by atoms with E-state index in [1.807, 2.05) is 243 Å². The number of hydrogen-bond acceptors (Lipinski definition) is 15. The van der Waals surface area contributed by atoms with Crippen molar-refractivity contribution in [1.82, 2.24) is 54.8 Å². The van der Waals surface area contributed by atoms with E-state index in [4.69, 9.17) is 70.3 Å². The number of benzene rings is 16. The normalized spacial score (nSPS) is 14.0. The first-order valence-electron chi connectivity index (χ1n) is 44.7. The van der Waals surface area contributed by atoms with Crippen molar-refractivity contribution in [1.29, 1.82) is 0 Å². The second kappa shape index (κ2) is 33.8. The molecule has 0 radical (unpaired) electrons. The Balaban J connectivity index is 0.000000128. The van der Waals surface area contributed by atoms with E-state index in [1.54, 1.807) is 0 Å². The fraction of sp³-hybridized carbons (Fsp3) is 0.0684. The molecule has 638 valence electrons. The largest absolute Gasteiger partial charge is 0.494 e. The lowest BCUT2D eigenvalue weighted by Gasteiger charge is -2.39. The van der Waals surface area contributed by atoms with Crippen molar-refractivity contribution >= 4 is 24.2 Å². The van der Waals surface area contributed by atoms with E-state index in [0.29, 0.717) is 52.4 Å². The van der Waals surface area contributed by atoms with Gasteiger partial charge in [-0.3, -0.25) is 0 Å². The molecule has 1 saturated heterocycles. The van der Waals surface area contributed by atoms with Crippen LogP contribution in [0.2, 0.25) is 5.28 Å². The van der Waals surface area contributed by atoms with Gasteiger partial charge in [0, 0.05) is 83.5 Å². The van der Waals surface area contributed by atoms with Gasteiger partial charge >= 0.3 is 7.12 Å². The van der Waals surface area contributed by atoms with Gasteiger partial charge in [-0.25, -0.2) is 44.9 Å². The molecule has 7 heterocycles. The molecule has 0 saturated carbocycles. The molecule has 17 heteroatoms. The molecule has 2 aliphatic carbocycles. The minimum absolute atomic E-state index is 0.202. The summed E-state index contributed by atoms with van der Waals surface area (Å²) < 4.78 is 26.5. The van der Waals surface area contributed by atoms with E-state index >= 15 is 0 Å². The van der Waals surface area contributed by atoms with Crippen molar-refractivity contribution in [2.75, 3.05) is 0 Å². The Bertz CT molecular complexity index is 7570. The van der Waals surface area contributed by atoms with Crippen LogP contribution in [0.15, 0.2) is 419 Å². The number of nitrogens with zero attached hydrogens (tertiary/aromatic N) is 11. The highest BCUT2D eigenvalue weighted by atomic mass is 35.5. The summed E-state index contributed by atoms with van der Waals surface area (Å²) in [5, 5.41) is 0.202. The maximum atomic E-state index is 6.69. The van der Waals surface area contributed by atoms with E-state index in [0.717, 1.165) is 168 Å². The van der Waals surface area contributed by atoms with E-state index in [2.05, 4.69) is 219 Å². The standard InChI is InChI=1S/C56H35N5O.C46H36BN3O3.C15H10ClN3/c1-5-18-36(19-6-1)47-35-48(58-52(57-47)37-20-7-2-8-21-37)40-32-33-43-42(34-40)51-41(55-60-53(38-22-9-3-10-23-38)59-54(61-55)39-24-11-4-12-25-39)26-17-29-46(51)56(43)44-27-13-15-30-49(44)62-50-31-16-14-28-45(50)56;1-44(2)45(3,4)53-47(52-44)31-26-27-34-33(28-31)40-32(43-49-41(29-16-7-5-8-17-29)48-42(50-43)30-18-9-6-10-19-30)20-15-23-37(40)46(34)35-21-11-13-24-38(35)51-39-25-14-12-22-36(39)46;16-15-18-13(11-7-3-1-4-8-11)17-14(19-15)12-9-5-2-6-10-12/h1-35H;5-28H,1-4H3;1-10H. The van der Waals surface area contributed by atoms with Gasteiger partial charge in [0.05, 0.1) is 33.4 Å². The number of rotatable bonds is 12. The minimum atomic E-state index is -0.710. The molecular weight excluding hydrogens is 1670 g/mol. The molecule has 20 aromatic rings. The van der Waals surface area contributed by atoms with Gasteiger partial charge in [-0.05, 0) is 126 Å². The van der Waals surface area contributed by atoms with Crippen LogP contribution in [0.1, 0.15) is 72.2 Å².